The van der Waals surface area contributed by atoms with Crippen LogP contribution >= 0.6 is 12.4 Å². The Morgan fingerprint density at radius 3 is 2.26 bits per heavy atom. The van der Waals surface area contributed by atoms with Crippen molar-refractivity contribution >= 4 is 25.0 Å². The Morgan fingerprint density at radius 1 is 1.04 bits per heavy atom. The van der Waals surface area contributed by atoms with Crippen molar-refractivity contribution in [1.29, 1.82) is 0 Å². The molecule has 2 aliphatic rings. The Labute approximate surface area is 146 Å². The second kappa shape index (κ2) is 7.12. The fourth-order valence-corrected chi connectivity index (χ4v) is 2.83. The molecular formula is C17H27BClNO3. The molecule has 2 saturated heterocycles. The van der Waals surface area contributed by atoms with Gasteiger partial charge in [0.2, 0.25) is 0 Å². The van der Waals surface area contributed by atoms with Crippen LogP contribution in [0.25, 0.3) is 0 Å². The summed E-state index contributed by atoms with van der Waals surface area (Å²) in [6, 6.07) is 8.56. The lowest BCUT2D eigenvalue weighted by molar-refractivity contribution is 0.00578. The fourth-order valence-electron chi connectivity index (χ4n) is 2.83. The summed E-state index contributed by atoms with van der Waals surface area (Å²) in [4.78, 5) is 2.42. The van der Waals surface area contributed by atoms with Gasteiger partial charge in [-0.1, -0.05) is 24.3 Å². The highest BCUT2D eigenvalue weighted by Gasteiger charge is 2.51. The Balaban J connectivity index is 0.00000192. The van der Waals surface area contributed by atoms with Gasteiger partial charge in [0.05, 0.1) is 24.4 Å². The number of morpholine rings is 1. The van der Waals surface area contributed by atoms with Crippen LogP contribution in [0.2, 0.25) is 0 Å². The van der Waals surface area contributed by atoms with Crippen molar-refractivity contribution in [3.05, 3.63) is 29.8 Å². The molecule has 3 rings (SSSR count). The molecule has 0 N–H and O–H groups in total. The van der Waals surface area contributed by atoms with E-state index in [4.69, 9.17) is 14.0 Å². The molecule has 0 bridgehead atoms. The minimum absolute atomic E-state index is 0. The van der Waals surface area contributed by atoms with Gasteiger partial charge in [0.25, 0.3) is 0 Å². The van der Waals surface area contributed by atoms with Crippen molar-refractivity contribution in [3.8, 4) is 0 Å². The zero-order valence-corrected chi connectivity index (χ0v) is 15.3. The van der Waals surface area contributed by atoms with Crippen molar-refractivity contribution in [2.24, 2.45) is 0 Å². The molecule has 1 aromatic carbocycles. The quantitative estimate of drug-likeness (QED) is 0.790. The highest BCUT2D eigenvalue weighted by Crippen LogP contribution is 2.36. The predicted octanol–water partition coefficient (Wildman–Crippen LogP) is 2.24. The van der Waals surface area contributed by atoms with E-state index < -0.39 is 0 Å². The summed E-state index contributed by atoms with van der Waals surface area (Å²) in [5.74, 6) is 0. The van der Waals surface area contributed by atoms with Gasteiger partial charge >= 0.3 is 7.12 Å². The molecule has 128 valence electrons. The van der Waals surface area contributed by atoms with Gasteiger partial charge < -0.3 is 14.0 Å². The van der Waals surface area contributed by atoms with E-state index in [1.54, 1.807) is 0 Å². The fraction of sp³-hybridized carbons (Fsp3) is 0.647. The maximum atomic E-state index is 6.14. The Kier molecular flexibility index (Phi) is 5.80. The number of halogens is 1. The number of ether oxygens (including phenoxy) is 1. The third-order valence-corrected chi connectivity index (χ3v) is 4.99. The van der Waals surface area contributed by atoms with Gasteiger partial charge in [-0.05, 0) is 38.7 Å². The zero-order valence-electron chi connectivity index (χ0n) is 14.5. The third kappa shape index (κ3) is 4.09. The van der Waals surface area contributed by atoms with Crippen molar-refractivity contribution in [2.75, 3.05) is 26.3 Å². The van der Waals surface area contributed by atoms with E-state index in [0.717, 1.165) is 38.3 Å². The van der Waals surface area contributed by atoms with Crippen LogP contribution in [-0.4, -0.2) is 49.5 Å². The zero-order chi connectivity index (χ0) is 15.8. The molecule has 23 heavy (non-hydrogen) atoms. The summed E-state index contributed by atoms with van der Waals surface area (Å²) in [7, 11) is -0.283. The van der Waals surface area contributed by atoms with E-state index in [9.17, 15) is 0 Å². The topological polar surface area (TPSA) is 30.9 Å². The highest BCUT2D eigenvalue weighted by molar-refractivity contribution is 6.62. The van der Waals surface area contributed by atoms with E-state index in [0.29, 0.717) is 0 Å². The maximum Gasteiger partial charge on any atom is 0.494 e. The van der Waals surface area contributed by atoms with Crippen LogP contribution in [0.5, 0.6) is 0 Å². The normalized spacial score (nSPS) is 23.6. The maximum absolute atomic E-state index is 6.14. The molecule has 4 nitrogen and oxygen atoms in total. The Hall–Kier alpha value is -0.585. The van der Waals surface area contributed by atoms with Gasteiger partial charge in [0, 0.05) is 19.6 Å². The summed E-state index contributed by atoms with van der Waals surface area (Å²) in [6.45, 7) is 13.0. The molecule has 2 aliphatic heterocycles. The van der Waals surface area contributed by atoms with Crippen molar-refractivity contribution in [3.63, 3.8) is 0 Å². The van der Waals surface area contributed by atoms with E-state index in [2.05, 4.69) is 56.9 Å². The lowest BCUT2D eigenvalue weighted by Crippen LogP contribution is -2.41. The first-order chi connectivity index (χ1) is 10.4. The smallest absolute Gasteiger partial charge is 0.399 e. The second-order valence-electron chi connectivity index (χ2n) is 7.22. The summed E-state index contributed by atoms with van der Waals surface area (Å²) in [5.41, 5.74) is 1.81. The van der Waals surface area contributed by atoms with Gasteiger partial charge in [0.15, 0.2) is 0 Å². The average molecular weight is 340 g/mol. The van der Waals surface area contributed by atoms with E-state index in [-0.39, 0.29) is 30.7 Å². The van der Waals surface area contributed by atoms with Crippen LogP contribution in [0, 0.1) is 0 Å². The minimum atomic E-state index is -0.294. The third-order valence-electron chi connectivity index (χ3n) is 4.99. The molecule has 0 spiro atoms. The Bertz CT molecular complexity index is 516. The monoisotopic (exact) mass is 339 g/mol. The average Bonchev–Trinajstić information content (AvgIpc) is 2.69. The number of nitrogens with zero attached hydrogens (tertiary/aromatic N) is 1. The molecule has 0 unspecified atom stereocenters. The van der Waals surface area contributed by atoms with Gasteiger partial charge in [-0.15, -0.1) is 12.4 Å². The molecule has 2 heterocycles. The molecule has 0 saturated carbocycles. The number of hydrogen-bond donors (Lipinski definition) is 0. The molecule has 0 radical (unpaired) electrons. The van der Waals surface area contributed by atoms with Crippen LogP contribution < -0.4 is 5.46 Å². The molecule has 2 fully saturated rings. The minimum Gasteiger partial charge on any atom is -0.399 e. The number of rotatable bonds is 3. The molecule has 0 aliphatic carbocycles. The standard InChI is InChI=1S/C17H26BNO3.ClH/c1-16(2)17(3,4)22-18(21-16)15-7-5-6-14(12-15)13-19-8-10-20-11-9-19;/h5-7,12H,8-11,13H2,1-4H3;1H. The lowest BCUT2D eigenvalue weighted by atomic mass is 9.78. The summed E-state index contributed by atoms with van der Waals surface area (Å²) in [6.07, 6.45) is 0. The van der Waals surface area contributed by atoms with Crippen LogP contribution in [0.1, 0.15) is 33.3 Å². The number of hydrogen-bond acceptors (Lipinski definition) is 4. The molecule has 0 aromatic heterocycles. The van der Waals surface area contributed by atoms with E-state index in [1.165, 1.54) is 5.56 Å². The first kappa shape index (κ1) is 18.7. The van der Waals surface area contributed by atoms with Crippen molar-refractivity contribution in [2.45, 2.75) is 45.4 Å². The van der Waals surface area contributed by atoms with Crippen molar-refractivity contribution < 1.29 is 14.0 Å². The van der Waals surface area contributed by atoms with Gasteiger partial charge in [0.1, 0.15) is 0 Å². The van der Waals surface area contributed by atoms with E-state index in [1.807, 2.05) is 0 Å². The molecule has 0 amide bonds. The summed E-state index contributed by atoms with van der Waals surface area (Å²) in [5, 5.41) is 0. The van der Waals surface area contributed by atoms with Gasteiger partial charge in [-0.25, -0.2) is 0 Å². The van der Waals surface area contributed by atoms with Gasteiger partial charge in [-0.3, -0.25) is 4.90 Å². The Morgan fingerprint density at radius 2 is 1.65 bits per heavy atom. The molecule has 6 heteroatoms. The van der Waals surface area contributed by atoms with Crippen LogP contribution in [0.3, 0.4) is 0 Å². The van der Waals surface area contributed by atoms with Crippen molar-refractivity contribution in [1.82, 2.24) is 4.90 Å². The van der Waals surface area contributed by atoms with Gasteiger partial charge in [-0.2, -0.15) is 0 Å². The van der Waals surface area contributed by atoms with E-state index >= 15 is 0 Å². The molecule has 1 aromatic rings. The second-order valence-corrected chi connectivity index (χ2v) is 7.22. The van der Waals surface area contributed by atoms with Crippen LogP contribution in [-0.2, 0) is 20.6 Å². The summed E-state index contributed by atoms with van der Waals surface area (Å²) < 4.78 is 17.7. The number of benzene rings is 1. The SMILES string of the molecule is CC1(C)OB(c2cccc(CN3CCOCC3)c2)OC1(C)C.Cl. The molecular weight excluding hydrogens is 312 g/mol. The predicted molar refractivity (Wildman–Crippen MR) is 95.5 cm³/mol. The largest absolute Gasteiger partial charge is 0.494 e. The first-order valence-electron chi connectivity index (χ1n) is 8.12. The lowest BCUT2D eigenvalue weighted by Gasteiger charge is -2.32. The van der Waals surface area contributed by atoms with Crippen LogP contribution in [0.15, 0.2) is 24.3 Å². The molecule has 0 atom stereocenters. The first-order valence-corrected chi connectivity index (χ1v) is 8.12. The van der Waals surface area contributed by atoms with Crippen LogP contribution in [0.4, 0.5) is 0 Å². The highest BCUT2D eigenvalue weighted by atomic mass is 35.5. The summed E-state index contributed by atoms with van der Waals surface area (Å²) >= 11 is 0.